The zero-order valence-electron chi connectivity index (χ0n) is 8.59. The van der Waals surface area contributed by atoms with E-state index in [4.69, 9.17) is 4.74 Å². The molecular formula is C11H21NO. The summed E-state index contributed by atoms with van der Waals surface area (Å²) in [5, 5.41) is 3.70. The molecule has 1 saturated carbocycles. The molecule has 1 aliphatic carbocycles. The van der Waals surface area contributed by atoms with Crippen LogP contribution in [-0.4, -0.2) is 25.3 Å². The standard InChI is InChI=1S/C11H21NO/c1-9(10-4-2-5-10)12-11-6-3-7-13-8-11/h9-12H,2-8H2,1H3/t9?,11-/m0/s1. The van der Waals surface area contributed by atoms with Gasteiger partial charge < -0.3 is 10.1 Å². The Morgan fingerprint density at radius 3 is 2.62 bits per heavy atom. The van der Waals surface area contributed by atoms with E-state index >= 15 is 0 Å². The van der Waals surface area contributed by atoms with E-state index in [0.717, 1.165) is 19.1 Å². The Morgan fingerprint density at radius 2 is 2.08 bits per heavy atom. The van der Waals surface area contributed by atoms with Gasteiger partial charge in [0.2, 0.25) is 0 Å². The average Bonchev–Trinajstić information content (AvgIpc) is 2.02. The summed E-state index contributed by atoms with van der Waals surface area (Å²) in [6.45, 7) is 4.23. The van der Waals surface area contributed by atoms with Crippen molar-refractivity contribution in [1.82, 2.24) is 5.32 Å². The van der Waals surface area contributed by atoms with E-state index in [1.165, 1.54) is 32.1 Å². The Bertz CT molecular complexity index is 150. The number of nitrogens with one attached hydrogen (secondary N) is 1. The maximum absolute atomic E-state index is 5.45. The minimum absolute atomic E-state index is 0.629. The molecule has 1 aliphatic heterocycles. The summed E-state index contributed by atoms with van der Waals surface area (Å²) in [6.07, 6.45) is 6.84. The molecule has 0 aromatic rings. The molecule has 0 aromatic carbocycles. The summed E-state index contributed by atoms with van der Waals surface area (Å²) in [4.78, 5) is 0. The van der Waals surface area contributed by atoms with Crippen molar-refractivity contribution in [3.8, 4) is 0 Å². The molecule has 2 heteroatoms. The van der Waals surface area contributed by atoms with E-state index in [-0.39, 0.29) is 0 Å². The highest BCUT2D eigenvalue weighted by molar-refractivity contribution is 4.83. The first-order valence-corrected chi connectivity index (χ1v) is 5.70. The molecule has 0 spiro atoms. The van der Waals surface area contributed by atoms with Crippen LogP contribution in [0.2, 0.25) is 0 Å². The van der Waals surface area contributed by atoms with Crippen LogP contribution < -0.4 is 5.32 Å². The van der Waals surface area contributed by atoms with E-state index in [0.29, 0.717) is 12.1 Å². The van der Waals surface area contributed by atoms with Gasteiger partial charge in [-0.2, -0.15) is 0 Å². The number of hydrogen-bond acceptors (Lipinski definition) is 2. The predicted molar refractivity (Wildman–Crippen MR) is 53.8 cm³/mol. The van der Waals surface area contributed by atoms with Gasteiger partial charge in [0.25, 0.3) is 0 Å². The molecule has 1 N–H and O–H groups in total. The lowest BCUT2D eigenvalue weighted by molar-refractivity contribution is 0.0606. The third kappa shape index (κ3) is 2.44. The second kappa shape index (κ2) is 4.43. The van der Waals surface area contributed by atoms with Gasteiger partial charge in [0.15, 0.2) is 0 Å². The van der Waals surface area contributed by atoms with Crippen molar-refractivity contribution in [3.05, 3.63) is 0 Å². The van der Waals surface area contributed by atoms with E-state index in [1.807, 2.05) is 0 Å². The average molecular weight is 183 g/mol. The van der Waals surface area contributed by atoms with Crippen molar-refractivity contribution in [1.29, 1.82) is 0 Å². The highest BCUT2D eigenvalue weighted by Crippen LogP contribution is 2.29. The fraction of sp³-hybridized carbons (Fsp3) is 1.00. The number of rotatable bonds is 3. The molecule has 13 heavy (non-hydrogen) atoms. The van der Waals surface area contributed by atoms with Crippen molar-refractivity contribution in [2.24, 2.45) is 5.92 Å². The first kappa shape index (κ1) is 9.47. The molecule has 0 amide bonds. The Kier molecular flexibility index (Phi) is 3.23. The molecule has 2 atom stereocenters. The monoisotopic (exact) mass is 183 g/mol. The molecule has 2 aliphatic rings. The first-order chi connectivity index (χ1) is 6.36. The Balaban J connectivity index is 1.69. The van der Waals surface area contributed by atoms with Gasteiger partial charge in [0, 0.05) is 18.7 Å². The fourth-order valence-corrected chi connectivity index (χ4v) is 2.32. The van der Waals surface area contributed by atoms with Crippen molar-refractivity contribution in [2.45, 2.75) is 51.1 Å². The number of hydrogen-bond donors (Lipinski definition) is 1. The third-order valence-electron chi connectivity index (χ3n) is 3.52. The minimum atomic E-state index is 0.629. The van der Waals surface area contributed by atoms with E-state index < -0.39 is 0 Å². The molecule has 0 aromatic heterocycles. The second-order valence-corrected chi connectivity index (χ2v) is 4.56. The van der Waals surface area contributed by atoms with Gasteiger partial charge in [0.05, 0.1) is 6.61 Å². The molecule has 2 nitrogen and oxygen atoms in total. The normalized spacial score (nSPS) is 32.5. The van der Waals surface area contributed by atoms with Crippen LogP contribution in [0.3, 0.4) is 0 Å². The maximum Gasteiger partial charge on any atom is 0.0619 e. The summed E-state index contributed by atoms with van der Waals surface area (Å²) in [7, 11) is 0. The van der Waals surface area contributed by atoms with Crippen LogP contribution in [-0.2, 0) is 4.74 Å². The molecule has 1 heterocycles. The zero-order valence-corrected chi connectivity index (χ0v) is 8.59. The first-order valence-electron chi connectivity index (χ1n) is 5.70. The Hall–Kier alpha value is -0.0800. The predicted octanol–water partition coefficient (Wildman–Crippen LogP) is 1.94. The van der Waals surface area contributed by atoms with Crippen LogP contribution in [0.15, 0.2) is 0 Å². The molecule has 76 valence electrons. The summed E-state index contributed by atoms with van der Waals surface area (Å²) in [6, 6.07) is 1.34. The van der Waals surface area contributed by atoms with Crippen LogP contribution in [0.4, 0.5) is 0 Å². The second-order valence-electron chi connectivity index (χ2n) is 4.56. The van der Waals surface area contributed by atoms with Gasteiger partial charge in [-0.1, -0.05) is 6.42 Å². The van der Waals surface area contributed by atoms with Crippen LogP contribution in [0.5, 0.6) is 0 Å². The molecule has 2 fully saturated rings. The van der Waals surface area contributed by atoms with Crippen molar-refractivity contribution >= 4 is 0 Å². The van der Waals surface area contributed by atoms with Gasteiger partial charge in [-0.15, -0.1) is 0 Å². The van der Waals surface area contributed by atoms with Crippen molar-refractivity contribution in [2.75, 3.05) is 13.2 Å². The summed E-state index contributed by atoms with van der Waals surface area (Å²) in [5.41, 5.74) is 0. The summed E-state index contributed by atoms with van der Waals surface area (Å²) < 4.78 is 5.45. The number of ether oxygens (including phenoxy) is 1. The SMILES string of the molecule is CC(N[C@H]1CCCOC1)C1CCC1. The van der Waals surface area contributed by atoms with Crippen LogP contribution in [0, 0.1) is 5.92 Å². The van der Waals surface area contributed by atoms with Crippen molar-refractivity contribution in [3.63, 3.8) is 0 Å². The quantitative estimate of drug-likeness (QED) is 0.722. The maximum atomic E-state index is 5.45. The van der Waals surface area contributed by atoms with Crippen LogP contribution in [0.1, 0.15) is 39.0 Å². The fourth-order valence-electron chi connectivity index (χ4n) is 2.32. The van der Waals surface area contributed by atoms with E-state index in [1.54, 1.807) is 0 Å². The lowest BCUT2D eigenvalue weighted by Crippen LogP contribution is -2.46. The summed E-state index contributed by atoms with van der Waals surface area (Å²) in [5.74, 6) is 0.946. The summed E-state index contributed by atoms with van der Waals surface area (Å²) >= 11 is 0. The lowest BCUT2D eigenvalue weighted by atomic mass is 9.80. The highest BCUT2D eigenvalue weighted by atomic mass is 16.5. The Labute approximate surface area is 81.0 Å². The lowest BCUT2D eigenvalue weighted by Gasteiger charge is -2.35. The van der Waals surface area contributed by atoms with Gasteiger partial charge in [-0.05, 0) is 38.5 Å². The minimum Gasteiger partial charge on any atom is -0.380 e. The van der Waals surface area contributed by atoms with E-state index in [9.17, 15) is 0 Å². The molecule has 0 bridgehead atoms. The zero-order chi connectivity index (χ0) is 9.10. The van der Waals surface area contributed by atoms with Gasteiger partial charge >= 0.3 is 0 Å². The van der Waals surface area contributed by atoms with Crippen molar-refractivity contribution < 1.29 is 4.74 Å². The van der Waals surface area contributed by atoms with Gasteiger partial charge in [-0.3, -0.25) is 0 Å². The third-order valence-corrected chi connectivity index (χ3v) is 3.52. The van der Waals surface area contributed by atoms with Crippen LogP contribution >= 0.6 is 0 Å². The topological polar surface area (TPSA) is 21.3 Å². The smallest absolute Gasteiger partial charge is 0.0619 e. The van der Waals surface area contributed by atoms with Crippen LogP contribution in [0.25, 0.3) is 0 Å². The molecular weight excluding hydrogens is 162 g/mol. The molecule has 1 unspecified atom stereocenters. The molecule has 1 saturated heterocycles. The largest absolute Gasteiger partial charge is 0.380 e. The Morgan fingerprint density at radius 1 is 1.23 bits per heavy atom. The molecule has 2 rings (SSSR count). The van der Waals surface area contributed by atoms with Gasteiger partial charge in [0.1, 0.15) is 0 Å². The highest BCUT2D eigenvalue weighted by Gasteiger charge is 2.26. The van der Waals surface area contributed by atoms with Gasteiger partial charge in [-0.25, -0.2) is 0 Å². The van der Waals surface area contributed by atoms with E-state index in [2.05, 4.69) is 12.2 Å². The molecule has 0 radical (unpaired) electrons.